The Hall–Kier alpha value is -3.00. The molecular formula is C30H27Cl2N3O3S. The van der Waals surface area contributed by atoms with Gasteiger partial charge in [-0.15, -0.1) is 5.10 Å². The van der Waals surface area contributed by atoms with Crippen LogP contribution in [0.5, 0.6) is 5.75 Å². The Morgan fingerprint density at radius 2 is 1.85 bits per heavy atom. The SMILES string of the molecule is CC12CCC(CC1=NN=C1SC(=Cc3ccc(-c4cccc(Cl)c4Cl)o3)C(=O)N1c1ccc(O)cc1)C2(C)C. The van der Waals surface area contributed by atoms with Crippen molar-refractivity contribution in [1.29, 1.82) is 0 Å². The summed E-state index contributed by atoms with van der Waals surface area (Å²) in [5.74, 6) is 1.52. The predicted octanol–water partition coefficient (Wildman–Crippen LogP) is 8.64. The molecule has 6 rings (SSSR count). The number of hydrogen-bond acceptors (Lipinski definition) is 6. The standard InChI is InChI=1S/C30H27Cl2N3O3S/c1-29(2)17-13-14-30(29,3)25(15-17)33-34-28-35(18-7-9-19(36)10-8-18)27(37)24(39-28)16-20-11-12-23(38-20)21-5-4-6-22(31)26(21)32/h4-12,16-17,36H,13-15H2,1-3H3. The molecule has 0 radical (unpaired) electrons. The third kappa shape index (κ3) is 4.31. The monoisotopic (exact) mass is 579 g/mol. The van der Waals surface area contributed by atoms with Crippen molar-refractivity contribution in [3.63, 3.8) is 0 Å². The van der Waals surface area contributed by atoms with E-state index in [4.69, 9.17) is 32.7 Å². The van der Waals surface area contributed by atoms with Crippen molar-refractivity contribution >= 4 is 63.5 Å². The minimum atomic E-state index is -0.247. The van der Waals surface area contributed by atoms with E-state index < -0.39 is 0 Å². The summed E-state index contributed by atoms with van der Waals surface area (Å²) in [6.45, 7) is 6.94. The molecule has 2 aliphatic carbocycles. The molecule has 1 amide bonds. The number of halogens is 2. The largest absolute Gasteiger partial charge is 0.508 e. The lowest BCUT2D eigenvalue weighted by Gasteiger charge is -2.34. The van der Waals surface area contributed by atoms with Gasteiger partial charge in [-0.05, 0) is 90.9 Å². The van der Waals surface area contributed by atoms with Crippen LogP contribution in [0.25, 0.3) is 17.4 Å². The number of anilines is 1. The van der Waals surface area contributed by atoms with E-state index in [1.54, 1.807) is 54.6 Å². The Morgan fingerprint density at radius 3 is 2.54 bits per heavy atom. The number of amidine groups is 1. The van der Waals surface area contributed by atoms with Gasteiger partial charge in [0.1, 0.15) is 17.3 Å². The second-order valence-corrected chi connectivity index (χ2v) is 12.8. The van der Waals surface area contributed by atoms with E-state index in [0.29, 0.717) is 48.8 Å². The maximum absolute atomic E-state index is 13.6. The first-order valence-corrected chi connectivity index (χ1v) is 14.4. The molecule has 2 unspecified atom stereocenters. The number of carbonyl (C=O) groups excluding carboxylic acids is 1. The summed E-state index contributed by atoms with van der Waals surface area (Å²) in [5.41, 5.74) is 2.54. The lowest BCUT2D eigenvalue weighted by atomic mass is 9.70. The van der Waals surface area contributed by atoms with Crippen LogP contribution in [-0.4, -0.2) is 21.9 Å². The van der Waals surface area contributed by atoms with E-state index in [2.05, 4.69) is 25.9 Å². The third-order valence-electron chi connectivity index (χ3n) is 8.80. The van der Waals surface area contributed by atoms with Gasteiger partial charge in [0.15, 0.2) is 0 Å². The van der Waals surface area contributed by atoms with Crippen LogP contribution in [0.15, 0.2) is 74.1 Å². The second kappa shape index (κ2) is 9.58. The van der Waals surface area contributed by atoms with Crippen molar-refractivity contribution in [3.05, 3.63) is 75.3 Å². The van der Waals surface area contributed by atoms with Crippen LogP contribution in [0, 0.1) is 16.7 Å². The third-order valence-corrected chi connectivity index (χ3v) is 10.6. The molecule has 2 heterocycles. The fourth-order valence-electron chi connectivity index (χ4n) is 5.95. The molecule has 1 N–H and O–H groups in total. The number of aromatic hydroxyl groups is 1. The van der Waals surface area contributed by atoms with Gasteiger partial charge in [-0.2, -0.15) is 5.10 Å². The van der Waals surface area contributed by atoms with E-state index >= 15 is 0 Å². The van der Waals surface area contributed by atoms with Crippen LogP contribution in [0.1, 0.15) is 45.8 Å². The summed E-state index contributed by atoms with van der Waals surface area (Å²) in [5, 5.41) is 20.5. The van der Waals surface area contributed by atoms with Gasteiger partial charge in [0.25, 0.3) is 5.91 Å². The maximum atomic E-state index is 13.6. The number of benzene rings is 2. The van der Waals surface area contributed by atoms with E-state index in [0.717, 1.165) is 18.6 Å². The summed E-state index contributed by atoms with van der Waals surface area (Å²) < 4.78 is 6.01. The number of nitrogens with zero attached hydrogens (tertiary/aromatic N) is 3. The van der Waals surface area contributed by atoms with E-state index in [1.807, 2.05) is 6.07 Å². The zero-order valence-corrected chi connectivity index (χ0v) is 24.1. The smallest absolute Gasteiger partial charge is 0.271 e. The zero-order valence-electron chi connectivity index (χ0n) is 21.7. The topological polar surface area (TPSA) is 78.4 Å². The zero-order chi connectivity index (χ0) is 27.5. The highest BCUT2D eigenvalue weighted by atomic mass is 35.5. The first kappa shape index (κ1) is 26.2. The van der Waals surface area contributed by atoms with Gasteiger partial charge in [-0.25, -0.2) is 0 Å². The number of fused-ring (bicyclic) bond motifs is 2. The Kier molecular flexibility index (Phi) is 6.44. The molecule has 200 valence electrons. The van der Waals surface area contributed by atoms with Crippen LogP contribution < -0.4 is 4.90 Å². The molecule has 39 heavy (non-hydrogen) atoms. The van der Waals surface area contributed by atoms with Crippen molar-refractivity contribution in [1.82, 2.24) is 0 Å². The normalized spacial score (nSPS) is 27.0. The highest BCUT2D eigenvalue weighted by Gasteiger charge is 2.60. The Bertz CT molecular complexity index is 1570. The molecule has 3 fully saturated rings. The minimum Gasteiger partial charge on any atom is -0.508 e. The molecule has 1 aromatic heterocycles. The van der Waals surface area contributed by atoms with Crippen molar-refractivity contribution in [2.45, 2.75) is 40.0 Å². The van der Waals surface area contributed by atoms with Crippen LogP contribution >= 0.6 is 35.0 Å². The molecular weight excluding hydrogens is 553 g/mol. The Balaban J connectivity index is 1.36. The van der Waals surface area contributed by atoms with E-state index in [9.17, 15) is 9.90 Å². The van der Waals surface area contributed by atoms with Gasteiger partial charge >= 0.3 is 0 Å². The van der Waals surface area contributed by atoms with Gasteiger partial charge < -0.3 is 9.52 Å². The van der Waals surface area contributed by atoms with Gasteiger partial charge in [0, 0.05) is 22.8 Å². The maximum Gasteiger partial charge on any atom is 0.271 e. The van der Waals surface area contributed by atoms with E-state index in [1.165, 1.54) is 23.1 Å². The van der Waals surface area contributed by atoms with Crippen molar-refractivity contribution in [2.75, 3.05) is 4.90 Å². The molecule has 1 aliphatic heterocycles. The number of hydrogen-bond donors (Lipinski definition) is 1. The van der Waals surface area contributed by atoms with Crippen LogP contribution in [0.2, 0.25) is 10.0 Å². The van der Waals surface area contributed by atoms with Gasteiger partial charge in [-0.1, -0.05) is 50.0 Å². The summed E-state index contributed by atoms with van der Waals surface area (Å²) in [7, 11) is 0. The lowest BCUT2D eigenvalue weighted by molar-refractivity contribution is -0.113. The fourth-order valence-corrected chi connectivity index (χ4v) is 7.26. The van der Waals surface area contributed by atoms with Crippen LogP contribution in [-0.2, 0) is 4.79 Å². The lowest BCUT2D eigenvalue weighted by Crippen LogP contribution is -2.32. The number of rotatable bonds is 4. The van der Waals surface area contributed by atoms with Crippen molar-refractivity contribution in [2.24, 2.45) is 27.0 Å². The predicted molar refractivity (Wildman–Crippen MR) is 159 cm³/mol. The Morgan fingerprint density at radius 1 is 1.08 bits per heavy atom. The van der Waals surface area contributed by atoms with Crippen molar-refractivity contribution < 1.29 is 14.3 Å². The molecule has 2 saturated carbocycles. The number of amides is 1. The summed E-state index contributed by atoms with van der Waals surface area (Å²) in [6, 6.07) is 15.4. The number of thioether (sulfide) groups is 1. The number of furan rings is 1. The highest BCUT2D eigenvalue weighted by Crippen LogP contribution is 2.64. The quantitative estimate of drug-likeness (QED) is 0.248. The van der Waals surface area contributed by atoms with Gasteiger partial charge in [0.05, 0.1) is 20.6 Å². The van der Waals surface area contributed by atoms with E-state index in [-0.39, 0.29) is 22.5 Å². The Labute approximate surface area is 241 Å². The molecule has 9 heteroatoms. The highest BCUT2D eigenvalue weighted by molar-refractivity contribution is 8.19. The first-order chi connectivity index (χ1) is 18.6. The molecule has 3 aliphatic rings. The number of phenolic OH excluding ortho intramolecular Hbond substituents is 1. The molecule has 3 aromatic rings. The number of carbonyl (C=O) groups is 1. The van der Waals surface area contributed by atoms with Gasteiger partial charge in [0.2, 0.25) is 5.17 Å². The molecule has 2 bridgehead atoms. The fraction of sp³-hybridized carbons (Fsp3) is 0.300. The molecule has 1 saturated heterocycles. The minimum absolute atomic E-state index is 0.00320. The summed E-state index contributed by atoms with van der Waals surface area (Å²) in [4.78, 5) is 15.6. The summed E-state index contributed by atoms with van der Waals surface area (Å²) >= 11 is 13.8. The van der Waals surface area contributed by atoms with Gasteiger partial charge in [-0.3, -0.25) is 9.69 Å². The average molecular weight is 581 g/mol. The molecule has 6 nitrogen and oxygen atoms in total. The molecule has 2 atom stereocenters. The second-order valence-electron chi connectivity index (χ2n) is 11.0. The first-order valence-electron chi connectivity index (χ1n) is 12.8. The average Bonchev–Trinajstić information content (AvgIpc) is 3.60. The van der Waals surface area contributed by atoms with Crippen LogP contribution in [0.3, 0.4) is 0 Å². The summed E-state index contributed by atoms with van der Waals surface area (Å²) in [6.07, 6.45) is 4.94. The molecule has 2 aromatic carbocycles. The van der Waals surface area contributed by atoms with Crippen molar-refractivity contribution in [3.8, 4) is 17.1 Å². The number of phenols is 1. The molecule has 0 spiro atoms. The van der Waals surface area contributed by atoms with Crippen LogP contribution in [0.4, 0.5) is 5.69 Å².